The van der Waals surface area contributed by atoms with Crippen LogP contribution in [0, 0.1) is 5.92 Å². The van der Waals surface area contributed by atoms with Gasteiger partial charge in [0.1, 0.15) is 6.21 Å². The largest absolute Gasteiger partial charge is 0.445 e. The molecule has 0 spiro atoms. The fraction of sp³-hybridized carbons (Fsp3) is 0.381. The summed E-state index contributed by atoms with van der Waals surface area (Å²) in [7, 11) is 3.07. The summed E-state index contributed by atoms with van der Waals surface area (Å²) in [6.45, 7) is 2.38. The predicted octanol–water partition coefficient (Wildman–Crippen LogP) is 3.08. The van der Waals surface area contributed by atoms with Crippen molar-refractivity contribution in [1.29, 1.82) is 0 Å². The Morgan fingerprint density at radius 1 is 1.33 bits per heavy atom. The summed E-state index contributed by atoms with van der Waals surface area (Å²) in [5.41, 5.74) is 1.77. The van der Waals surface area contributed by atoms with Gasteiger partial charge in [0.2, 0.25) is 5.91 Å². The van der Waals surface area contributed by atoms with Gasteiger partial charge in [0, 0.05) is 16.5 Å². The van der Waals surface area contributed by atoms with Crippen LogP contribution in [-0.4, -0.2) is 59.2 Å². The predicted molar refractivity (Wildman–Crippen MR) is 119 cm³/mol. The summed E-state index contributed by atoms with van der Waals surface area (Å²) in [6, 6.07) is 6.93. The van der Waals surface area contributed by atoms with Gasteiger partial charge in [-0.05, 0) is 23.6 Å². The van der Waals surface area contributed by atoms with Gasteiger partial charge in [-0.15, -0.1) is 16.8 Å². The van der Waals surface area contributed by atoms with E-state index in [0.717, 1.165) is 33.8 Å². The van der Waals surface area contributed by atoms with E-state index in [0.29, 0.717) is 17.4 Å². The highest BCUT2D eigenvalue weighted by Gasteiger charge is 2.48. The number of dihydropyridines is 1. The zero-order valence-electron chi connectivity index (χ0n) is 17.1. The van der Waals surface area contributed by atoms with Crippen molar-refractivity contribution in [1.82, 2.24) is 10.2 Å². The molecule has 0 radical (unpaired) electrons. The monoisotopic (exact) mass is 447 g/mol. The van der Waals surface area contributed by atoms with Gasteiger partial charge in [-0.3, -0.25) is 9.59 Å². The quantitative estimate of drug-likeness (QED) is 0.651. The third-order valence-electron chi connectivity index (χ3n) is 5.00. The van der Waals surface area contributed by atoms with Crippen LogP contribution >= 0.6 is 23.4 Å². The van der Waals surface area contributed by atoms with Crippen LogP contribution < -0.4 is 5.32 Å². The Balaban J connectivity index is 1.77. The molecule has 1 atom stereocenters. The van der Waals surface area contributed by atoms with Gasteiger partial charge >= 0.3 is 11.9 Å². The number of hydrogen-bond donors (Lipinski definition) is 1. The normalized spacial score (nSPS) is 18.8. The van der Waals surface area contributed by atoms with Crippen molar-refractivity contribution in [3.8, 4) is 0 Å². The van der Waals surface area contributed by atoms with E-state index in [9.17, 15) is 14.4 Å². The zero-order valence-corrected chi connectivity index (χ0v) is 18.7. The van der Waals surface area contributed by atoms with Gasteiger partial charge < -0.3 is 5.32 Å². The second-order valence-electron chi connectivity index (χ2n) is 7.08. The van der Waals surface area contributed by atoms with Gasteiger partial charge in [-0.2, -0.15) is 9.48 Å². The Morgan fingerprint density at radius 3 is 2.77 bits per heavy atom. The summed E-state index contributed by atoms with van der Waals surface area (Å²) in [4.78, 5) is 43.9. The fourth-order valence-corrected chi connectivity index (χ4v) is 4.67. The molecule has 9 heteroatoms. The van der Waals surface area contributed by atoms with E-state index in [4.69, 9.17) is 11.6 Å². The van der Waals surface area contributed by atoms with Crippen molar-refractivity contribution in [2.24, 2.45) is 10.9 Å². The molecule has 1 N–H and O–H groups in total. The molecule has 3 rings (SSSR count). The molecule has 4 amide bonds. The van der Waals surface area contributed by atoms with Gasteiger partial charge in [-0.25, -0.2) is 4.79 Å². The number of amidine groups is 1. The number of hydrogen-bond acceptors (Lipinski definition) is 5. The van der Waals surface area contributed by atoms with Crippen LogP contribution in [-0.2, 0) is 16.1 Å². The number of amides is 4. The molecule has 2 aliphatic heterocycles. The van der Waals surface area contributed by atoms with Gasteiger partial charge in [0.05, 0.1) is 19.8 Å². The third kappa shape index (κ3) is 4.49. The van der Waals surface area contributed by atoms with E-state index < -0.39 is 11.9 Å². The second-order valence-corrected chi connectivity index (χ2v) is 8.51. The molecule has 1 aromatic carbocycles. The van der Waals surface area contributed by atoms with Crippen molar-refractivity contribution in [2.75, 3.05) is 19.8 Å². The molecule has 30 heavy (non-hydrogen) atoms. The van der Waals surface area contributed by atoms with Crippen molar-refractivity contribution >= 4 is 53.3 Å². The summed E-state index contributed by atoms with van der Waals surface area (Å²) in [6.07, 6.45) is 3.33. The van der Waals surface area contributed by atoms with Crippen molar-refractivity contribution in [3.05, 3.63) is 45.3 Å². The third-order valence-corrected chi connectivity index (χ3v) is 6.58. The SMILES string of the molecule is CCCC1=C(SCC(=O)NCc2ccccc2Cl)C2C(=O)N(C)C(=O)[N+](C)=C2N=C1. The molecule has 7 nitrogen and oxygen atoms in total. The number of nitrogens with zero attached hydrogens (tertiary/aromatic N) is 3. The Morgan fingerprint density at radius 2 is 2.07 bits per heavy atom. The number of thioether (sulfide) groups is 1. The van der Waals surface area contributed by atoms with Crippen LogP contribution in [0.25, 0.3) is 0 Å². The number of rotatable bonds is 7. The number of benzene rings is 1. The van der Waals surface area contributed by atoms with Gasteiger partial charge in [-0.1, -0.05) is 43.1 Å². The zero-order chi connectivity index (χ0) is 21.8. The first-order chi connectivity index (χ1) is 14.3. The van der Waals surface area contributed by atoms with E-state index in [-0.39, 0.29) is 17.6 Å². The maximum Gasteiger partial charge on any atom is 0.445 e. The molecule has 1 unspecified atom stereocenters. The van der Waals surface area contributed by atoms with E-state index in [1.54, 1.807) is 19.3 Å². The highest BCUT2D eigenvalue weighted by Crippen LogP contribution is 2.36. The molecule has 0 saturated heterocycles. The number of fused-ring (bicyclic) bond motifs is 1. The smallest absolute Gasteiger partial charge is 0.351 e. The lowest BCUT2D eigenvalue weighted by Gasteiger charge is -2.28. The first-order valence-corrected chi connectivity index (χ1v) is 11.0. The van der Waals surface area contributed by atoms with Gasteiger partial charge in [0.15, 0.2) is 5.92 Å². The molecule has 0 saturated carbocycles. The van der Waals surface area contributed by atoms with Crippen LogP contribution in [0.5, 0.6) is 0 Å². The summed E-state index contributed by atoms with van der Waals surface area (Å²) in [5, 5.41) is 3.47. The van der Waals surface area contributed by atoms with Crippen LogP contribution in [0.3, 0.4) is 0 Å². The summed E-state index contributed by atoms with van der Waals surface area (Å²) < 4.78 is 1.39. The Kier molecular flexibility index (Phi) is 7.10. The lowest BCUT2D eigenvalue weighted by atomic mass is 9.96. The fourth-order valence-electron chi connectivity index (χ4n) is 3.36. The lowest BCUT2D eigenvalue weighted by Crippen LogP contribution is -2.52. The number of imide groups is 1. The number of carbonyl (C=O) groups is 3. The highest BCUT2D eigenvalue weighted by molar-refractivity contribution is 8.03. The molecule has 2 heterocycles. The number of aliphatic imine (C=N–C) groups is 1. The molecule has 0 fully saturated rings. The highest BCUT2D eigenvalue weighted by atomic mass is 35.5. The number of allylic oxidation sites excluding steroid dienone is 1. The van der Waals surface area contributed by atoms with Crippen molar-refractivity contribution in [2.45, 2.75) is 26.3 Å². The minimum absolute atomic E-state index is 0.152. The number of nitrogens with one attached hydrogen (secondary N) is 1. The van der Waals surface area contributed by atoms with Gasteiger partial charge in [0.25, 0.3) is 5.84 Å². The van der Waals surface area contributed by atoms with Crippen molar-refractivity contribution < 1.29 is 19.0 Å². The molecule has 0 aromatic heterocycles. The molecule has 1 aromatic rings. The standard InChI is InChI=1S/C21H23ClN4O3S/c1-4-7-14-11-24-19-17(20(28)26(3)21(29)25(19)2)18(14)30-12-16(27)23-10-13-8-5-6-9-15(13)22/h5-6,8-9,11,17H,4,7,10,12H2,1-3H3/p+1. The topological polar surface area (TPSA) is 81.9 Å². The molecular formula is C21H24ClN4O3S+. The van der Waals surface area contributed by atoms with Crippen LogP contribution in [0.15, 0.2) is 39.7 Å². The molecule has 0 aliphatic carbocycles. The summed E-state index contributed by atoms with van der Waals surface area (Å²) >= 11 is 7.46. The van der Waals surface area contributed by atoms with Crippen LogP contribution in [0.1, 0.15) is 25.3 Å². The molecule has 0 bridgehead atoms. The van der Waals surface area contributed by atoms with E-state index in [1.807, 2.05) is 25.1 Å². The second kappa shape index (κ2) is 9.57. The van der Waals surface area contributed by atoms with Crippen molar-refractivity contribution in [3.63, 3.8) is 0 Å². The number of carbonyl (C=O) groups excluding carboxylic acids is 3. The Bertz CT molecular complexity index is 986. The van der Waals surface area contributed by atoms with Crippen LogP contribution in [0.4, 0.5) is 4.79 Å². The summed E-state index contributed by atoms with van der Waals surface area (Å²) in [5.74, 6) is -0.585. The minimum atomic E-state index is -0.661. The maximum atomic E-state index is 12.9. The molecular weight excluding hydrogens is 424 g/mol. The lowest BCUT2D eigenvalue weighted by molar-refractivity contribution is -0.407. The minimum Gasteiger partial charge on any atom is -0.351 e. The molecule has 2 aliphatic rings. The number of halogens is 1. The van der Waals surface area contributed by atoms with E-state index >= 15 is 0 Å². The van der Waals surface area contributed by atoms with Crippen LogP contribution in [0.2, 0.25) is 5.02 Å². The maximum absolute atomic E-state index is 12.9. The average molecular weight is 448 g/mol. The first-order valence-electron chi connectivity index (χ1n) is 9.67. The Hall–Kier alpha value is -2.45. The number of urea groups is 1. The molecule has 158 valence electrons. The Labute approximate surface area is 184 Å². The first kappa shape index (κ1) is 22.2. The van der Waals surface area contributed by atoms with E-state index in [1.165, 1.54) is 23.4 Å². The average Bonchev–Trinajstić information content (AvgIpc) is 2.74. The van der Waals surface area contributed by atoms with E-state index in [2.05, 4.69) is 10.3 Å².